The van der Waals surface area contributed by atoms with Gasteiger partial charge in [0.25, 0.3) is 5.91 Å². The number of aromatic nitrogens is 2. The summed E-state index contributed by atoms with van der Waals surface area (Å²) in [5.74, 6) is -0.0574. The highest BCUT2D eigenvalue weighted by atomic mass is 32.2. The second-order valence-electron chi connectivity index (χ2n) is 6.67. The first-order valence-corrected chi connectivity index (χ1v) is 9.64. The molecule has 1 aliphatic heterocycles. The molecule has 0 spiro atoms. The van der Waals surface area contributed by atoms with Crippen molar-refractivity contribution < 1.29 is 20.1 Å². The first-order chi connectivity index (χ1) is 13.8. The normalized spacial score (nSPS) is 15.6. The first kappa shape index (κ1) is 18.9. The third-order valence-corrected chi connectivity index (χ3v) is 5.65. The minimum atomic E-state index is -0.426. The minimum absolute atomic E-state index is 0.0274. The summed E-state index contributed by atoms with van der Waals surface area (Å²) in [6.45, 7) is 1.76. The van der Waals surface area contributed by atoms with Crippen molar-refractivity contribution in [3.63, 3.8) is 0 Å². The molecule has 9 heteroatoms. The largest absolute Gasteiger partial charge is 0.508 e. The van der Waals surface area contributed by atoms with Gasteiger partial charge in [-0.3, -0.25) is 4.79 Å². The summed E-state index contributed by atoms with van der Waals surface area (Å²) in [5, 5.41) is 33.7. The maximum atomic E-state index is 12.9. The first-order valence-electron chi connectivity index (χ1n) is 8.77. The lowest BCUT2D eigenvalue weighted by atomic mass is 10.0. The number of aliphatic imine (C=N–C) groups is 1. The van der Waals surface area contributed by atoms with Crippen molar-refractivity contribution >= 4 is 28.7 Å². The second-order valence-corrected chi connectivity index (χ2v) is 7.79. The number of fused-ring (bicyclic) bond motifs is 1. The molecule has 4 rings (SSSR count). The van der Waals surface area contributed by atoms with Crippen LogP contribution in [0.4, 0.5) is 5.82 Å². The van der Waals surface area contributed by atoms with Gasteiger partial charge in [-0.15, -0.1) is 0 Å². The van der Waals surface area contributed by atoms with Gasteiger partial charge >= 0.3 is 0 Å². The number of hydrogen-bond donors (Lipinski definition) is 4. The van der Waals surface area contributed by atoms with E-state index in [1.165, 1.54) is 40.7 Å². The molecule has 0 fully saturated rings. The number of thioether (sulfide) groups is 1. The van der Waals surface area contributed by atoms with Gasteiger partial charge in [0.1, 0.15) is 17.2 Å². The van der Waals surface area contributed by atoms with Gasteiger partial charge in [0.05, 0.1) is 17.4 Å². The van der Waals surface area contributed by atoms with Crippen LogP contribution in [0.3, 0.4) is 0 Å². The topological polar surface area (TPSA) is 134 Å². The van der Waals surface area contributed by atoms with E-state index in [1.807, 2.05) is 0 Å². The van der Waals surface area contributed by atoms with Crippen molar-refractivity contribution in [3.8, 4) is 17.2 Å². The van der Waals surface area contributed by atoms with Gasteiger partial charge in [0, 0.05) is 17.2 Å². The highest BCUT2D eigenvalue weighted by molar-refractivity contribution is 8.14. The molecule has 29 heavy (non-hydrogen) atoms. The highest BCUT2D eigenvalue weighted by Gasteiger charge is 2.33. The van der Waals surface area contributed by atoms with E-state index in [0.717, 1.165) is 0 Å². The van der Waals surface area contributed by atoms with E-state index in [4.69, 9.17) is 5.73 Å². The molecule has 0 aliphatic carbocycles. The van der Waals surface area contributed by atoms with Crippen molar-refractivity contribution in [1.29, 1.82) is 0 Å². The molecule has 8 nitrogen and oxygen atoms in total. The number of benzene rings is 2. The lowest BCUT2D eigenvalue weighted by Crippen LogP contribution is -2.18. The quantitative estimate of drug-likeness (QED) is 0.521. The molecule has 0 radical (unpaired) electrons. The lowest BCUT2D eigenvalue weighted by Gasteiger charge is -2.22. The Morgan fingerprint density at radius 3 is 2.66 bits per heavy atom. The standard InChI is InChI=1S/C20H18N4O4S/c1-10-17-18(14-6-5-13(26)9-15(14)27)29-20(21)22-19(17)24(23-10)16(28)8-11-3-2-4-12(25)7-11/h2-7,9,18,25-27H,8H2,1H3,(H2,21,22). The molecule has 0 saturated carbocycles. The fourth-order valence-corrected chi connectivity index (χ4v) is 4.42. The van der Waals surface area contributed by atoms with E-state index >= 15 is 0 Å². The van der Waals surface area contributed by atoms with Crippen LogP contribution in [0.25, 0.3) is 0 Å². The number of aromatic hydroxyl groups is 3. The van der Waals surface area contributed by atoms with E-state index in [2.05, 4.69) is 10.1 Å². The molecule has 148 valence electrons. The van der Waals surface area contributed by atoms with E-state index in [1.54, 1.807) is 25.1 Å². The number of hydrogen-bond acceptors (Lipinski definition) is 8. The molecule has 1 aromatic heterocycles. The Morgan fingerprint density at radius 2 is 1.93 bits per heavy atom. The number of phenolic OH excluding ortho intramolecular Hbond substituents is 3. The van der Waals surface area contributed by atoms with Crippen LogP contribution in [0.15, 0.2) is 47.5 Å². The SMILES string of the molecule is Cc1nn(C(=O)Cc2cccc(O)c2)c2c1C(c1ccc(O)cc1O)SC(N)=N2. The van der Waals surface area contributed by atoms with Gasteiger partial charge in [-0.1, -0.05) is 30.0 Å². The van der Waals surface area contributed by atoms with Gasteiger partial charge in [-0.2, -0.15) is 9.78 Å². The molecular weight excluding hydrogens is 392 g/mol. The molecule has 1 atom stereocenters. The zero-order chi connectivity index (χ0) is 20.7. The summed E-state index contributed by atoms with van der Waals surface area (Å²) in [7, 11) is 0. The zero-order valence-corrected chi connectivity index (χ0v) is 16.2. The monoisotopic (exact) mass is 410 g/mol. The summed E-state index contributed by atoms with van der Waals surface area (Å²) in [4.78, 5) is 17.2. The Bertz CT molecular complexity index is 1160. The average molecular weight is 410 g/mol. The number of rotatable bonds is 3. The maximum Gasteiger partial charge on any atom is 0.253 e. The maximum absolute atomic E-state index is 12.9. The fraction of sp³-hybridized carbons (Fsp3) is 0.150. The number of carbonyl (C=O) groups excluding carboxylic acids is 1. The molecular formula is C20H18N4O4S. The summed E-state index contributed by atoms with van der Waals surface area (Å²) in [6.07, 6.45) is 0.0274. The van der Waals surface area contributed by atoms with Crippen molar-refractivity contribution in [1.82, 2.24) is 9.78 Å². The molecule has 0 bridgehead atoms. The zero-order valence-electron chi connectivity index (χ0n) is 15.4. The van der Waals surface area contributed by atoms with Crippen LogP contribution in [0.2, 0.25) is 0 Å². The number of carbonyl (C=O) groups is 1. The number of phenols is 3. The molecule has 0 saturated heterocycles. The van der Waals surface area contributed by atoms with Crippen LogP contribution in [-0.4, -0.2) is 36.2 Å². The van der Waals surface area contributed by atoms with Crippen LogP contribution in [0, 0.1) is 6.92 Å². The van der Waals surface area contributed by atoms with Crippen LogP contribution >= 0.6 is 11.8 Å². The Labute approximate surface area is 170 Å². The number of aryl methyl sites for hydroxylation is 1. The molecule has 3 aromatic rings. The predicted molar refractivity (Wildman–Crippen MR) is 110 cm³/mol. The van der Waals surface area contributed by atoms with Crippen LogP contribution in [0.5, 0.6) is 17.2 Å². The Kier molecular flexibility index (Phi) is 4.67. The summed E-state index contributed by atoms with van der Waals surface area (Å²) in [6, 6.07) is 10.8. The lowest BCUT2D eigenvalue weighted by molar-refractivity contribution is 0.0900. The van der Waals surface area contributed by atoms with Crippen LogP contribution in [-0.2, 0) is 6.42 Å². The Balaban J connectivity index is 1.76. The van der Waals surface area contributed by atoms with Crippen molar-refractivity contribution in [2.75, 3.05) is 0 Å². The summed E-state index contributed by atoms with van der Waals surface area (Å²) in [5.41, 5.74) is 8.45. The van der Waals surface area contributed by atoms with Crippen molar-refractivity contribution in [3.05, 3.63) is 64.8 Å². The Morgan fingerprint density at radius 1 is 1.17 bits per heavy atom. The third kappa shape index (κ3) is 3.52. The highest BCUT2D eigenvalue weighted by Crippen LogP contribution is 2.48. The van der Waals surface area contributed by atoms with E-state index in [9.17, 15) is 20.1 Å². The van der Waals surface area contributed by atoms with Crippen molar-refractivity contribution in [2.24, 2.45) is 10.7 Å². The van der Waals surface area contributed by atoms with Crippen LogP contribution < -0.4 is 5.73 Å². The average Bonchev–Trinajstić information content (AvgIpc) is 2.98. The third-order valence-electron chi connectivity index (χ3n) is 4.60. The molecule has 0 amide bonds. The molecule has 5 N–H and O–H groups in total. The van der Waals surface area contributed by atoms with Gasteiger partial charge in [-0.25, -0.2) is 4.99 Å². The molecule has 1 unspecified atom stereocenters. The fourth-order valence-electron chi connectivity index (χ4n) is 3.31. The van der Waals surface area contributed by atoms with Crippen LogP contribution in [0.1, 0.15) is 32.4 Å². The predicted octanol–water partition coefficient (Wildman–Crippen LogP) is 2.97. The summed E-state index contributed by atoms with van der Waals surface area (Å²) >= 11 is 1.24. The number of nitrogens with two attached hydrogens (primary N) is 1. The van der Waals surface area contributed by atoms with Gasteiger partial charge in [-0.05, 0) is 30.7 Å². The number of amidine groups is 1. The van der Waals surface area contributed by atoms with Crippen molar-refractivity contribution in [2.45, 2.75) is 18.6 Å². The van der Waals surface area contributed by atoms with Gasteiger partial charge < -0.3 is 21.1 Å². The molecule has 2 aromatic carbocycles. The smallest absolute Gasteiger partial charge is 0.253 e. The van der Waals surface area contributed by atoms with E-state index in [0.29, 0.717) is 28.2 Å². The van der Waals surface area contributed by atoms with Gasteiger partial charge in [0.2, 0.25) is 0 Å². The second kappa shape index (κ2) is 7.17. The molecule has 2 heterocycles. The summed E-state index contributed by atoms with van der Waals surface area (Å²) < 4.78 is 1.21. The van der Waals surface area contributed by atoms with E-state index < -0.39 is 5.25 Å². The van der Waals surface area contributed by atoms with Gasteiger partial charge in [0.15, 0.2) is 11.0 Å². The Hall–Kier alpha value is -3.46. The molecule has 1 aliphatic rings. The number of nitrogens with zero attached hydrogens (tertiary/aromatic N) is 3. The minimum Gasteiger partial charge on any atom is -0.508 e. The van der Waals surface area contributed by atoms with E-state index in [-0.39, 0.29) is 34.7 Å².